The number of carbonyl (C=O) groups is 1. The smallest absolute Gasteiger partial charge is 0.234 e. The first kappa shape index (κ1) is 16.2. The summed E-state index contributed by atoms with van der Waals surface area (Å²) < 4.78 is 0. The van der Waals surface area contributed by atoms with Crippen molar-refractivity contribution in [3.63, 3.8) is 0 Å². The lowest BCUT2D eigenvalue weighted by atomic mass is 10.1. The molecule has 5 nitrogen and oxygen atoms in total. The first-order valence-corrected chi connectivity index (χ1v) is 8.96. The van der Waals surface area contributed by atoms with Crippen molar-refractivity contribution in [1.29, 1.82) is 0 Å². The minimum Gasteiger partial charge on any atom is -0.392 e. The molecule has 2 saturated carbocycles. The average molecular weight is 309 g/mol. The van der Waals surface area contributed by atoms with Crippen molar-refractivity contribution in [1.82, 2.24) is 15.1 Å². The fourth-order valence-corrected chi connectivity index (χ4v) is 3.79. The van der Waals surface area contributed by atoms with E-state index in [2.05, 4.69) is 22.0 Å². The molecule has 22 heavy (non-hydrogen) atoms. The normalized spacial score (nSPS) is 28.8. The number of aliphatic hydroxyl groups is 1. The van der Waals surface area contributed by atoms with Gasteiger partial charge in [-0.3, -0.25) is 14.6 Å². The van der Waals surface area contributed by atoms with Gasteiger partial charge in [-0.2, -0.15) is 0 Å². The summed E-state index contributed by atoms with van der Waals surface area (Å²) in [7, 11) is 0. The van der Waals surface area contributed by atoms with Gasteiger partial charge in [0.2, 0.25) is 5.91 Å². The van der Waals surface area contributed by atoms with Gasteiger partial charge in [0.05, 0.1) is 12.6 Å². The second kappa shape index (κ2) is 6.85. The Bertz CT molecular complexity index is 381. The molecule has 1 heterocycles. The molecule has 3 aliphatic rings. The molecule has 1 amide bonds. The maximum absolute atomic E-state index is 12.3. The Kier molecular flexibility index (Phi) is 5.05. The molecule has 1 saturated heterocycles. The number of β-amino-alcohol motifs (C(OH)–C–C–N with tert-alkyl or cyclic N) is 1. The maximum atomic E-state index is 12.3. The molecule has 0 bridgehead atoms. The number of hydrogen-bond acceptors (Lipinski definition) is 4. The second-order valence-corrected chi connectivity index (χ2v) is 7.70. The predicted octanol–water partition coefficient (Wildman–Crippen LogP) is 0.678. The number of piperazine rings is 1. The third kappa shape index (κ3) is 4.43. The van der Waals surface area contributed by atoms with Gasteiger partial charge in [-0.15, -0.1) is 0 Å². The zero-order valence-corrected chi connectivity index (χ0v) is 14.0. The van der Waals surface area contributed by atoms with Crippen LogP contribution in [0.2, 0.25) is 0 Å². The number of aliphatic hydroxyl groups excluding tert-OH is 1. The summed E-state index contributed by atoms with van der Waals surface area (Å²) >= 11 is 0. The van der Waals surface area contributed by atoms with Crippen LogP contribution in [0.4, 0.5) is 0 Å². The molecule has 2 aliphatic carbocycles. The van der Waals surface area contributed by atoms with Crippen LogP contribution in [0.15, 0.2) is 0 Å². The van der Waals surface area contributed by atoms with Gasteiger partial charge in [0.25, 0.3) is 0 Å². The molecule has 0 aromatic heterocycles. The van der Waals surface area contributed by atoms with E-state index in [4.69, 9.17) is 0 Å². The highest BCUT2D eigenvalue weighted by atomic mass is 16.3. The monoisotopic (exact) mass is 309 g/mol. The van der Waals surface area contributed by atoms with Crippen molar-refractivity contribution in [2.75, 3.05) is 32.7 Å². The van der Waals surface area contributed by atoms with Gasteiger partial charge in [0, 0.05) is 38.3 Å². The Hall–Kier alpha value is -0.650. The van der Waals surface area contributed by atoms with Crippen molar-refractivity contribution in [3.8, 4) is 0 Å². The van der Waals surface area contributed by atoms with Crippen molar-refractivity contribution >= 4 is 5.91 Å². The molecule has 2 N–H and O–H groups in total. The van der Waals surface area contributed by atoms with Crippen LogP contribution in [0.3, 0.4) is 0 Å². The lowest BCUT2D eigenvalue weighted by Crippen LogP contribution is -2.55. The number of nitrogens with zero attached hydrogens (tertiary/aromatic N) is 2. The maximum Gasteiger partial charge on any atom is 0.234 e. The van der Waals surface area contributed by atoms with E-state index in [1.54, 1.807) is 0 Å². The lowest BCUT2D eigenvalue weighted by Gasteiger charge is -2.40. The summed E-state index contributed by atoms with van der Waals surface area (Å²) in [5.41, 5.74) is 0. The number of nitrogens with one attached hydrogen (secondary N) is 1. The first-order chi connectivity index (χ1) is 10.5. The minimum absolute atomic E-state index is 0.208. The van der Waals surface area contributed by atoms with Gasteiger partial charge in [-0.1, -0.05) is 0 Å². The lowest BCUT2D eigenvalue weighted by molar-refractivity contribution is -0.124. The Balaban J connectivity index is 1.42. The van der Waals surface area contributed by atoms with Crippen molar-refractivity contribution in [2.24, 2.45) is 11.8 Å². The zero-order chi connectivity index (χ0) is 15.7. The van der Waals surface area contributed by atoms with Gasteiger partial charge in [0.15, 0.2) is 0 Å². The van der Waals surface area contributed by atoms with Crippen LogP contribution in [-0.4, -0.2) is 71.7 Å². The molecule has 0 aromatic rings. The van der Waals surface area contributed by atoms with Gasteiger partial charge in [-0.25, -0.2) is 0 Å². The number of carbonyl (C=O) groups excluding carboxylic acids is 1. The van der Waals surface area contributed by atoms with Crippen LogP contribution in [0.1, 0.15) is 39.5 Å². The van der Waals surface area contributed by atoms with Crippen molar-refractivity contribution in [3.05, 3.63) is 0 Å². The van der Waals surface area contributed by atoms with Crippen LogP contribution in [0, 0.1) is 11.8 Å². The van der Waals surface area contributed by atoms with Crippen LogP contribution >= 0.6 is 0 Å². The minimum atomic E-state index is -0.282. The fourth-order valence-electron chi connectivity index (χ4n) is 3.79. The molecule has 0 radical (unpaired) electrons. The van der Waals surface area contributed by atoms with Crippen LogP contribution in [0.25, 0.3) is 0 Å². The Morgan fingerprint density at radius 2 is 1.86 bits per heavy atom. The highest BCUT2D eigenvalue weighted by Crippen LogP contribution is 2.44. The topological polar surface area (TPSA) is 55.8 Å². The molecular formula is C17H31N3O2. The number of rotatable bonds is 7. The van der Waals surface area contributed by atoms with E-state index in [0.29, 0.717) is 18.6 Å². The summed E-state index contributed by atoms with van der Waals surface area (Å²) in [5.74, 6) is 1.73. The number of hydrogen-bond donors (Lipinski definition) is 2. The van der Waals surface area contributed by atoms with Crippen molar-refractivity contribution < 1.29 is 9.90 Å². The van der Waals surface area contributed by atoms with Gasteiger partial charge in [0.1, 0.15) is 0 Å². The molecule has 3 fully saturated rings. The van der Waals surface area contributed by atoms with Gasteiger partial charge in [-0.05, 0) is 51.4 Å². The van der Waals surface area contributed by atoms with E-state index in [9.17, 15) is 9.90 Å². The van der Waals surface area contributed by atoms with E-state index < -0.39 is 0 Å². The Labute approximate surface area is 134 Å². The predicted molar refractivity (Wildman–Crippen MR) is 86.5 cm³/mol. The van der Waals surface area contributed by atoms with Crippen LogP contribution < -0.4 is 5.32 Å². The molecule has 1 aliphatic heterocycles. The summed E-state index contributed by atoms with van der Waals surface area (Å²) in [4.78, 5) is 16.9. The number of amides is 1. The standard InChI is InChI=1S/C17H31N3O2/c1-12-9-19(7-8-20(12)10-13(2)21)11-16(22)18-17(14-3-4-14)15-5-6-15/h12-15,17,21H,3-11H2,1-2H3,(H,18,22). The van der Waals surface area contributed by atoms with Gasteiger partial charge >= 0.3 is 0 Å². The van der Waals surface area contributed by atoms with Gasteiger partial charge < -0.3 is 10.4 Å². The highest BCUT2D eigenvalue weighted by Gasteiger charge is 2.42. The summed E-state index contributed by atoms with van der Waals surface area (Å²) in [6.07, 6.45) is 4.93. The molecule has 0 aromatic carbocycles. The fraction of sp³-hybridized carbons (Fsp3) is 0.941. The Morgan fingerprint density at radius 1 is 1.23 bits per heavy atom. The van der Waals surface area contributed by atoms with E-state index in [0.717, 1.165) is 38.0 Å². The van der Waals surface area contributed by atoms with E-state index >= 15 is 0 Å². The van der Waals surface area contributed by atoms with Crippen LogP contribution in [-0.2, 0) is 4.79 Å². The highest BCUT2D eigenvalue weighted by molar-refractivity contribution is 5.78. The first-order valence-electron chi connectivity index (χ1n) is 8.96. The molecule has 126 valence electrons. The quantitative estimate of drug-likeness (QED) is 0.726. The third-order valence-electron chi connectivity index (χ3n) is 5.30. The molecule has 0 spiro atoms. The van der Waals surface area contributed by atoms with E-state index in [-0.39, 0.29) is 12.0 Å². The molecule has 5 heteroatoms. The summed E-state index contributed by atoms with van der Waals surface area (Å²) in [6.45, 7) is 8.05. The molecular weight excluding hydrogens is 278 g/mol. The van der Waals surface area contributed by atoms with E-state index in [1.807, 2.05) is 6.92 Å². The summed E-state index contributed by atoms with van der Waals surface area (Å²) in [6, 6.07) is 0.861. The second-order valence-electron chi connectivity index (χ2n) is 7.70. The summed E-state index contributed by atoms with van der Waals surface area (Å²) in [5, 5.41) is 12.8. The van der Waals surface area contributed by atoms with E-state index in [1.165, 1.54) is 25.7 Å². The SMILES string of the molecule is CC(O)CN1CCN(CC(=O)NC(C2CC2)C2CC2)CC1C. The molecule has 2 unspecified atom stereocenters. The van der Waals surface area contributed by atoms with Crippen LogP contribution in [0.5, 0.6) is 0 Å². The molecule has 2 atom stereocenters. The average Bonchev–Trinajstić information content (AvgIpc) is 3.32. The Morgan fingerprint density at radius 3 is 2.36 bits per heavy atom. The zero-order valence-electron chi connectivity index (χ0n) is 14.0. The molecule has 3 rings (SSSR count). The largest absolute Gasteiger partial charge is 0.392 e. The van der Waals surface area contributed by atoms with Crippen molar-refractivity contribution in [2.45, 2.75) is 57.7 Å². The third-order valence-corrected chi connectivity index (χ3v) is 5.30.